The smallest absolute Gasteiger partial charge is 0.550 e. The van der Waals surface area contributed by atoms with Crippen molar-refractivity contribution in [3.63, 3.8) is 0 Å². The molecule has 0 saturated heterocycles. The maximum atomic E-state index is 10.2. The molecule has 0 radical (unpaired) electrons. The molecule has 6 heteroatoms. The Morgan fingerprint density at radius 2 is 2.05 bits per heavy atom. The molecule has 19 heavy (non-hydrogen) atoms. The Kier molecular flexibility index (Phi) is 10.5. The van der Waals surface area contributed by atoms with Crippen molar-refractivity contribution in [3.05, 3.63) is 35.9 Å². The van der Waals surface area contributed by atoms with Crippen LogP contribution in [0.3, 0.4) is 0 Å². The first-order valence-corrected chi connectivity index (χ1v) is 5.82. The van der Waals surface area contributed by atoms with Gasteiger partial charge in [-0.1, -0.05) is 35.5 Å². The molecule has 1 rings (SSSR count). The molecule has 1 aromatic rings. The molecule has 0 bridgehead atoms. The summed E-state index contributed by atoms with van der Waals surface area (Å²) < 4.78 is 0. The Morgan fingerprint density at radius 3 is 2.63 bits per heavy atom. The molecule has 0 fully saturated rings. The third kappa shape index (κ3) is 8.00. The zero-order valence-electron chi connectivity index (χ0n) is 11.4. The number of carboxylic acid groups (broad SMARTS) is 1. The number of oxime groups is 1. The molecule has 0 atom stereocenters. The molecule has 0 spiro atoms. The summed E-state index contributed by atoms with van der Waals surface area (Å²) >= 11 is 0. The number of carbonyl (C=O) groups excluding carboxylic acids is 1. The van der Waals surface area contributed by atoms with E-state index in [0.717, 1.165) is 11.3 Å². The van der Waals surface area contributed by atoms with Crippen LogP contribution in [0.25, 0.3) is 0 Å². The Morgan fingerprint density at radius 1 is 1.37 bits per heavy atom. The zero-order chi connectivity index (χ0) is 13.2. The maximum absolute atomic E-state index is 10.2. The largest absolute Gasteiger partial charge is 1.00 e. The van der Waals surface area contributed by atoms with Crippen LogP contribution >= 0.6 is 0 Å². The van der Waals surface area contributed by atoms with E-state index in [-0.39, 0.29) is 42.6 Å². The predicted molar refractivity (Wildman–Crippen MR) is 67.1 cm³/mol. The van der Waals surface area contributed by atoms with E-state index in [2.05, 4.69) is 10.5 Å². The fourth-order valence-corrected chi connectivity index (χ4v) is 1.39. The number of carbonyl (C=O) groups is 1. The Hall–Kier alpha value is -0.880. The summed E-state index contributed by atoms with van der Waals surface area (Å²) in [6.07, 6.45) is 0.385. The van der Waals surface area contributed by atoms with E-state index in [0.29, 0.717) is 13.0 Å². The van der Waals surface area contributed by atoms with Gasteiger partial charge in [0.15, 0.2) is 0 Å². The first-order valence-electron chi connectivity index (χ1n) is 5.82. The third-order valence-corrected chi connectivity index (χ3v) is 2.24. The molecule has 1 aromatic carbocycles. The monoisotopic (exact) mass is 272 g/mol. The quantitative estimate of drug-likeness (QED) is 0.239. The molecule has 0 heterocycles. The van der Waals surface area contributed by atoms with Gasteiger partial charge < -0.3 is 20.1 Å². The van der Waals surface area contributed by atoms with Crippen LogP contribution in [-0.2, 0) is 9.63 Å². The molecular formula is C13H17N2NaO3. The minimum Gasteiger partial charge on any atom is -0.550 e. The van der Waals surface area contributed by atoms with E-state index in [4.69, 9.17) is 4.84 Å². The molecule has 0 saturated carbocycles. The van der Waals surface area contributed by atoms with Gasteiger partial charge in [-0.3, -0.25) is 0 Å². The van der Waals surface area contributed by atoms with E-state index in [1.807, 2.05) is 37.4 Å². The summed E-state index contributed by atoms with van der Waals surface area (Å²) in [6.45, 7) is 0.860. The van der Waals surface area contributed by atoms with E-state index >= 15 is 0 Å². The number of carboxylic acids is 1. The predicted octanol–water partition coefficient (Wildman–Crippen LogP) is -2.84. The van der Waals surface area contributed by atoms with Gasteiger partial charge in [0, 0.05) is 18.1 Å². The average molecular weight is 272 g/mol. The van der Waals surface area contributed by atoms with Crippen molar-refractivity contribution < 1.29 is 44.3 Å². The second-order valence-electron chi connectivity index (χ2n) is 3.74. The standard InChI is InChI=1S/C13H18N2O3.Na/c1-14-10-12(11-6-3-2-4-7-11)15-18-9-5-8-13(16)17;/h2-4,6-7,14H,5,8-10H2,1H3,(H,16,17);/q;+1/p-1. The van der Waals surface area contributed by atoms with Gasteiger partial charge in [0.1, 0.15) is 12.3 Å². The number of benzene rings is 1. The fourth-order valence-electron chi connectivity index (χ4n) is 1.39. The minimum atomic E-state index is -1.07. The fraction of sp³-hybridized carbons (Fsp3) is 0.385. The molecule has 0 unspecified atom stereocenters. The van der Waals surface area contributed by atoms with Gasteiger partial charge in [0.05, 0.1) is 0 Å². The van der Waals surface area contributed by atoms with Crippen molar-refractivity contribution in [1.82, 2.24) is 5.32 Å². The molecule has 0 aliphatic carbocycles. The van der Waals surface area contributed by atoms with Gasteiger partial charge in [-0.2, -0.15) is 0 Å². The topological polar surface area (TPSA) is 73.8 Å². The van der Waals surface area contributed by atoms with Crippen LogP contribution < -0.4 is 40.0 Å². The van der Waals surface area contributed by atoms with E-state index < -0.39 is 5.97 Å². The van der Waals surface area contributed by atoms with Crippen molar-refractivity contribution in [2.45, 2.75) is 12.8 Å². The van der Waals surface area contributed by atoms with Crippen LogP contribution in [0.4, 0.5) is 0 Å². The molecule has 1 N–H and O–H groups in total. The van der Waals surface area contributed by atoms with Gasteiger partial charge in [-0.25, -0.2) is 0 Å². The molecule has 0 aromatic heterocycles. The van der Waals surface area contributed by atoms with Crippen LogP contribution in [-0.4, -0.2) is 31.9 Å². The zero-order valence-corrected chi connectivity index (χ0v) is 13.4. The molecule has 0 aliphatic rings. The Bertz CT molecular complexity index is 396. The maximum Gasteiger partial charge on any atom is 1.00 e. The SMILES string of the molecule is CNCC(=NOCCCC(=O)[O-])c1ccccc1.[Na+]. The van der Waals surface area contributed by atoms with E-state index in [1.54, 1.807) is 0 Å². The van der Waals surface area contributed by atoms with Crippen LogP contribution in [0, 0.1) is 0 Å². The number of aliphatic carboxylic acids is 1. The Labute approximate surface area is 135 Å². The number of rotatable bonds is 8. The van der Waals surface area contributed by atoms with Crippen LogP contribution in [0.5, 0.6) is 0 Å². The van der Waals surface area contributed by atoms with Crippen molar-refractivity contribution in [1.29, 1.82) is 0 Å². The van der Waals surface area contributed by atoms with Crippen molar-refractivity contribution >= 4 is 11.7 Å². The van der Waals surface area contributed by atoms with Crippen molar-refractivity contribution in [2.75, 3.05) is 20.2 Å². The molecule has 0 amide bonds. The molecule has 98 valence electrons. The van der Waals surface area contributed by atoms with Crippen molar-refractivity contribution in [2.24, 2.45) is 5.16 Å². The summed E-state index contributed by atoms with van der Waals surface area (Å²) in [4.78, 5) is 15.3. The normalized spacial score (nSPS) is 10.7. The second kappa shape index (κ2) is 11.0. The van der Waals surface area contributed by atoms with Crippen LogP contribution in [0.1, 0.15) is 18.4 Å². The van der Waals surface area contributed by atoms with Gasteiger partial charge in [0.2, 0.25) is 0 Å². The molecule has 5 nitrogen and oxygen atoms in total. The number of nitrogens with one attached hydrogen (secondary N) is 1. The summed E-state index contributed by atoms with van der Waals surface area (Å²) in [7, 11) is 1.83. The number of nitrogens with zero attached hydrogens (tertiary/aromatic N) is 1. The third-order valence-electron chi connectivity index (χ3n) is 2.24. The van der Waals surface area contributed by atoms with Gasteiger partial charge >= 0.3 is 29.6 Å². The van der Waals surface area contributed by atoms with Gasteiger partial charge in [-0.15, -0.1) is 0 Å². The summed E-state index contributed by atoms with van der Waals surface area (Å²) in [5.74, 6) is -1.07. The van der Waals surface area contributed by atoms with Crippen LogP contribution in [0.2, 0.25) is 0 Å². The number of likely N-dealkylation sites (N-methyl/N-ethyl adjacent to an activating group) is 1. The van der Waals surface area contributed by atoms with Gasteiger partial charge in [-0.05, 0) is 19.9 Å². The van der Waals surface area contributed by atoms with E-state index in [1.165, 1.54) is 0 Å². The first-order chi connectivity index (χ1) is 8.74. The van der Waals surface area contributed by atoms with Crippen LogP contribution in [0.15, 0.2) is 35.5 Å². The first kappa shape index (κ1) is 18.1. The molecular weight excluding hydrogens is 255 g/mol. The molecule has 0 aliphatic heterocycles. The van der Waals surface area contributed by atoms with Crippen molar-refractivity contribution in [3.8, 4) is 0 Å². The number of hydrogen-bond acceptors (Lipinski definition) is 5. The van der Waals surface area contributed by atoms with Gasteiger partial charge in [0.25, 0.3) is 0 Å². The average Bonchev–Trinajstić information content (AvgIpc) is 2.38. The number of hydrogen-bond donors (Lipinski definition) is 1. The summed E-state index contributed by atoms with van der Waals surface area (Å²) in [6, 6.07) is 9.68. The summed E-state index contributed by atoms with van der Waals surface area (Å²) in [5.41, 5.74) is 1.76. The van der Waals surface area contributed by atoms with E-state index in [9.17, 15) is 9.90 Å². The second-order valence-corrected chi connectivity index (χ2v) is 3.74. The Balaban J connectivity index is 0.00000324. The minimum absolute atomic E-state index is 0. The summed E-state index contributed by atoms with van der Waals surface area (Å²) in [5, 5.41) is 17.2.